The van der Waals surface area contributed by atoms with Gasteiger partial charge in [-0.05, 0) is 18.1 Å². The Morgan fingerprint density at radius 2 is 2.07 bits per heavy atom. The SMILES string of the molecule is CC(=O)C1=C(Br)C(N)c2ccccc21. The number of carbonyl (C=O) groups excluding carboxylic acids is 1. The van der Waals surface area contributed by atoms with Crippen LogP contribution in [0, 0.1) is 0 Å². The van der Waals surface area contributed by atoms with E-state index >= 15 is 0 Å². The van der Waals surface area contributed by atoms with Crippen LogP contribution in [0.25, 0.3) is 5.57 Å². The van der Waals surface area contributed by atoms with Gasteiger partial charge in [-0.1, -0.05) is 40.2 Å². The molecule has 1 unspecified atom stereocenters. The number of hydrogen-bond acceptors (Lipinski definition) is 2. The zero-order chi connectivity index (χ0) is 10.3. The standard InChI is InChI=1S/C11H10BrNO/c1-6(14)9-7-4-2-3-5-8(7)11(13)10(9)12/h2-5,11H,13H2,1H3. The summed E-state index contributed by atoms with van der Waals surface area (Å²) >= 11 is 3.39. The molecule has 0 aromatic heterocycles. The lowest BCUT2D eigenvalue weighted by Crippen LogP contribution is -2.06. The second-order valence-corrected chi connectivity index (χ2v) is 4.20. The van der Waals surface area contributed by atoms with Crippen LogP contribution < -0.4 is 5.73 Å². The van der Waals surface area contributed by atoms with Crippen molar-refractivity contribution in [3.63, 3.8) is 0 Å². The zero-order valence-corrected chi connectivity index (χ0v) is 9.34. The minimum absolute atomic E-state index is 0.0530. The highest BCUT2D eigenvalue weighted by Gasteiger charge is 2.28. The molecule has 1 atom stereocenters. The second kappa shape index (κ2) is 3.33. The molecule has 0 heterocycles. The van der Waals surface area contributed by atoms with E-state index in [4.69, 9.17) is 5.73 Å². The van der Waals surface area contributed by atoms with E-state index < -0.39 is 0 Å². The predicted octanol–water partition coefficient (Wildman–Crippen LogP) is 2.40. The molecule has 1 aromatic carbocycles. The van der Waals surface area contributed by atoms with Gasteiger partial charge in [0, 0.05) is 10.1 Å². The van der Waals surface area contributed by atoms with Gasteiger partial charge in [-0.25, -0.2) is 0 Å². The van der Waals surface area contributed by atoms with Crippen molar-refractivity contribution in [2.24, 2.45) is 5.73 Å². The van der Waals surface area contributed by atoms with E-state index in [9.17, 15) is 4.79 Å². The molecular formula is C11H10BrNO. The Hall–Kier alpha value is -0.930. The van der Waals surface area contributed by atoms with Gasteiger partial charge < -0.3 is 5.73 Å². The molecule has 14 heavy (non-hydrogen) atoms. The fraction of sp³-hybridized carbons (Fsp3) is 0.182. The number of benzene rings is 1. The van der Waals surface area contributed by atoms with Crippen LogP contribution in [0.15, 0.2) is 28.7 Å². The Labute approximate surface area is 90.9 Å². The van der Waals surface area contributed by atoms with Gasteiger partial charge in [-0.3, -0.25) is 4.79 Å². The van der Waals surface area contributed by atoms with E-state index in [1.165, 1.54) is 0 Å². The van der Waals surface area contributed by atoms with Crippen LogP contribution in [0.2, 0.25) is 0 Å². The Kier molecular flexibility index (Phi) is 2.29. The number of halogens is 1. The quantitative estimate of drug-likeness (QED) is 0.833. The van der Waals surface area contributed by atoms with Crippen LogP contribution in [-0.4, -0.2) is 5.78 Å². The summed E-state index contributed by atoms with van der Waals surface area (Å²) in [5, 5.41) is 0. The molecule has 0 spiro atoms. The minimum Gasteiger partial charge on any atom is -0.320 e. The van der Waals surface area contributed by atoms with Gasteiger partial charge >= 0.3 is 0 Å². The van der Waals surface area contributed by atoms with Crippen LogP contribution in [0.4, 0.5) is 0 Å². The number of ketones is 1. The van der Waals surface area contributed by atoms with Crippen LogP contribution in [-0.2, 0) is 4.79 Å². The summed E-state index contributed by atoms with van der Waals surface area (Å²) < 4.78 is 0.797. The zero-order valence-electron chi connectivity index (χ0n) is 7.75. The molecule has 1 aliphatic carbocycles. The van der Waals surface area contributed by atoms with Gasteiger partial charge in [-0.15, -0.1) is 0 Å². The van der Waals surface area contributed by atoms with Gasteiger partial charge in [0.2, 0.25) is 0 Å². The highest BCUT2D eigenvalue weighted by molar-refractivity contribution is 9.12. The van der Waals surface area contributed by atoms with Crippen LogP contribution in [0.5, 0.6) is 0 Å². The molecule has 2 N–H and O–H groups in total. The van der Waals surface area contributed by atoms with Crippen molar-refractivity contribution in [2.45, 2.75) is 13.0 Å². The van der Waals surface area contributed by atoms with Gasteiger partial charge in [0.15, 0.2) is 5.78 Å². The smallest absolute Gasteiger partial charge is 0.161 e. The summed E-state index contributed by atoms with van der Waals surface area (Å²) in [5.41, 5.74) is 8.65. The van der Waals surface area contributed by atoms with Gasteiger partial charge in [-0.2, -0.15) is 0 Å². The monoisotopic (exact) mass is 251 g/mol. The molecule has 0 aliphatic heterocycles. The lowest BCUT2D eigenvalue weighted by Gasteiger charge is -2.04. The Morgan fingerprint density at radius 3 is 2.71 bits per heavy atom. The van der Waals surface area contributed by atoms with E-state index in [-0.39, 0.29) is 11.8 Å². The largest absolute Gasteiger partial charge is 0.320 e. The maximum Gasteiger partial charge on any atom is 0.161 e. The van der Waals surface area contributed by atoms with E-state index in [2.05, 4.69) is 15.9 Å². The summed E-state index contributed by atoms with van der Waals surface area (Å²) in [7, 11) is 0. The maximum absolute atomic E-state index is 11.4. The Balaban J connectivity index is 2.66. The predicted molar refractivity (Wildman–Crippen MR) is 59.9 cm³/mol. The van der Waals surface area contributed by atoms with Gasteiger partial charge in [0.25, 0.3) is 0 Å². The first-order chi connectivity index (χ1) is 6.63. The van der Waals surface area contributed by atoms with Crippen molar-refractivity contribution in [2.75, 3.05) is 0 Å². The summed E-state index contributed by atoms with van der Waals surface area (Å²) in [5.74, 6) is 0.0530. The van der Waals surface area contributed by atoms with E-state index in [1.807, 2.05) is 24.3 Å². The molecule has 0 fully saturated rings. The van der Waals surface area contributed by atoms with Crippen LogP contribution in [0.3, 0.4) is 0 Å². The van der Waals surface area contributed by atoms with Crippen molar-refractivity contribution in [1.82, 2.24) is 0 Å². The molecule has 2 nitrogen and oxygen atoms in total. The van der Waals surface area contributed by atoms with E-state index in [0.717, 1.165) is 15.6 Å². The molecule has 0 amide bonds. The number of fused-ring (bicyclic) bond motifs is 1. The highest BCUT2D eigenvalue weighted by atomic mass is 79.9. The first-order valence-corrected chi connectivity index (χ1v) is 5.17. The Bertz CT molecular complexity index is 437. The number of allylic oxidation sites excluding steroid dienone is 1. The Morgan fingerprint density at radius 1 is 1.43 bits per heavy atom. The van der Waals surface area contributed by atoms with Crippen molar-refractivity contribution >= 4 is 27.3 Å². The summed E-state index contributed by atoms with van der Waals surface area (Å²) in [4.78, 5) is 11.4. The average molecular weight is 252 g/mol. The molecule has 0 saturated carbocycles. The van der Waals surface area contributed by atoms with E-state index in [1.54, 1.807) is 6.92 Å². The summed E-state index contributed by atoms with van der Waals surface area (Å²) in [6.45, 7) is 1.56. The minimum atomic E-state index is -0.190. The molecule has 3 heteroatoms. The van der Waals surface area contributed by atoms with Gasteiger partial charge in [0.05, 0.1) is 6.04 Å². The molecular weight excluding hydrogens is 242 g/mol. The number of rotatable bonds is 1. The summed E-state index contributed by atoms with van der Waals surface area (Å²) in [6.07, 6.45) is 0. The number of Topliss-reactive ketones (excluding diaryl/α,β-unsaturated/α-hetero) is 1. The topological polar surface area (TPSA) is 43.1 Å². The molecule has 1 aromatic rings. The van der Waals surface area contributed by atoms with Crippen LogP contribution >= 0.6 is 15.9 Å². The van der Waals surface area contributed by atoms with E-state index in [0.29, 0.717) is 5.57 Å². The van der Waals surface area contributed by atoms with Crippen molar-refractivity contribution in [3.05, 3.63) is 39.9 Å². The molecule has 0 radical (unpaired) electrons. The lowest BCUT2D eigenvalue weighted by atomic mass is 10.0. The number of carbonyl (C=O) groups is 1. The lowest BCUT2D eigenvalue weighted by molar-refractivity contribution is -0.111. The summed E-state index contributed by atoms with van der Waals surface area (Å²) in [6, 6.07) is 7.55. The third-order valence-corrected chi connectivity index (χ3v) is 3.32. The first kappa shape index (κ1) is 9.62. The fourth-order valence-corrected chi connectivity index (χ4v) is 2.51. The van der Waals surface area contributed by atoms with Gasteiger partial charge in [0.1, 0.15) is 0 Å². The second-order valence-electron chi connectivity index (χ2n) is 3.34. The number of hydrogen-bond donors (Lipinski definition) is 1. The third-order valence-electron chi connectivity index (χ3n) is 2.43. The molecule has 1 aliphatic rings. The molecule has 72 valence electrons. The maximum atomic E-state index is 11.4. The highest BCUT2D eigenvalue weighted by Crippen LogP contribution is 2.42. The first-order valence-electron chi connectivity index (χ1n) is 4.38. The molecule has 0 saturated heterocycles. The average Bonchev–Trinajstić information content (AvgIpc) is 2.41. The molecule has 0 bridgehead atoms. The van der Waals surface area contributed by atoms with Crippen molar-refractivity contribution in [3.8, 4) is 0 Å². The van der Waals surface area contributed by atoms with Crippen LogP contribution in [0.1, 0.15) is 24.1 Å². The van der Waals surface area contributed by atoms with Crippen molar-refractivity contribution in [1.29, 1.82) is 0 Å². The normalized spacial score (nSPS) is 19.8. The third kappa shape index (κ3) is 1.24. The fourth-order valence-electron chi connectivity index (χ4n) is 1.77. The van der Waals surface area contributed by atoms with Crippen molar-refractivity contribution < 1.29 is 4.79 Å². The number of nitrogens with two attached hydrogens (primary N) is 1. The molecule has 2 rings (SSSR count).